The van der Waals surface area contributed by atoms with Gasteiger partial charge in [0.1, 0.15) is 0 Å². The van der Waals surface area contributed by atoms with Crippen LogP contribution in [0.1, 0.15) is 0 Å². The van der Waals surface area contributed by atoms with E-state index < -0.39 is 37.0 Å². The molecule has 0 radical (unpaired) electrons. The summed E-state index contributed by atoms with van der Waals surface area (Å²) >= 11 is 0. The lowest BCUT2D eigenvalue weighted by Crippen LogP contribution is -2.39. The molecule has 12 nitrogen and oxygen atoms in total. The summed E-state index contributed by atoms with van der Waals surface area (Å²) in [6.07, 6.45) is 1.64. The van der Waals surface area contributed by atoms with Crippen LogP contribution in [-0.2, 0) is 47.6 Å². The van der Waals surface area contributed by atoms with Gasteiger partial charge in [0, 0.05) is 66.8 Å². The van der Waals surface area contributed by atoms with Crippen molar-refractivity contribution in [2.24, 2.45) is 0 Å². The number of hydrogen-bond acceptors (Lipinski definition) is 10. The van der Waals surface area contributed by atoms with Gasteiger partial charge in [-0.25, -0.2) is 9.59 Å². The van der Waals surface area contributed by atoms with Crippen molar-refractivity contribution in [1.82, 2.24) is 9.80 Å². The second kappa shape index (κ2) is 19.2. The minimum absolute atomic E-state index is 0.318. The molecule has 0 rings (SSSR count). The first kappa shape index (κ1) is 29.5. The summed E-state index contributed by atoms with van der Waals surface area (Å²) in [4.78, 5) is 50.7. The van der Waals surface area contributed by atoms with Crippen LogP contribution in [0, 0.1) is 0 Å². The van der Waals surface area contributed by atoms with E-state index >= 15 is 0 Å². The van der Waals surface area contributed by atoms with Crippen LogP contribution in [0.25, 0.3) is 0 Å². The molecule has 0 heterocycles. The lowest BCUT2D eigenvalue weighted by Gasteiger charge is -2.21. The van der Waals surface area contributed by atoms with E-state index in [0.717, 1.165) is 12.2 Å². The van der Waals surface area contributed by atoms with Gasteiger partial charge in [0.25, 0.3) is 11.8 Å². The fourth-order valence-corrected chi connectivity index (χ4v) is 2.21. The molecule has 0 atom stereocenters. The predicted molar refractivity (Wildman–Crippen MR) is 112 cm³/mol. The molecule has 0 bridgehead atoms. The standard InChI is InChI=1S/C20H34N2O10/c1-27-11-7-21(8-12-28-2)17(23)15-31-19(25)5-6-20(26)32-16-18(24)22(9-13-29-3)10-14-30-4/h5-6H,7-16H2,1-4H3/b6-5+. The van der Waals surface area contributed by atoms with Gasteiger partial charge in [0.15, 0.2) is 13.2 Å². The van der Waals surface area contributed by atoms with Gasteiger partial charge in [-0.1, -0.05) is 0 Å². The van der Waals surface area contributed by atoms with Gasteiger partial charge in [0.05, 0.1) is 26.4 Å². The molecule has 0 saturated carbocycles. The Kier molecular flexibility index (Phi) is 17.6. The fraction of sp³-hybridized carbons (Fsp3) is 0.700. The number of carbonyl (C=O) groups is 4. The highest BCUT2D eigenvalue weighted by molar-refractivity contribution is 5.93. The van der Waals surface area contributed by atoms with Crippen molar-refractivity contribution in [2.75, 3.05) is 94.3 Å². The molecular weight excluding hydrogens is 428 g/mol. The normalized spacial score (nSPS) is 10.8. The van der Waals surface area contributed by atoms with E-state index in [1.165, 1.54) is 38.2 Å². The predicted octanol–water partition coefficient (Wildman–Crippen LogP) is -1.13. The number of esters is 2. The third-order valence-electron chi connectivity index (χ3n) is 4.00. The van der Waals surface area contributed by atoms with Crippen LogP contribution in [0.5, 0.6) is 0 Å². The Bertz CT molecular complexity index is 531. The number of ether oxygens (including phenoxy) is 6. The van der Waals surface area contributed by atoms with Crippen molar-refractivity contribution in [2.45, 2.75) is 0 Å². The molecule has 12 heteroatoms. The summed E-state index contributed by atoms with van der Waals surface area (Å²) in [5, 5.41) is 0. The summed E-state index contributed by atoms with van der Waals surface area (Å²) in [6, 6.07) is 0. The average molecular weight is 462 g/mol. The van der Waals surface area contributed by atoms with E-state index in [2.05, 4.69) is 0 Å². The van der Waals surface area contributed by atoms with E-state index in [9.17, 15) is 19.2 Å². The smallest absolute Gasteiger partial charge is 0.331 e. The number of carbonyl (C=O) groups excluding carboxylic acids is 4. The van der Waals surface area contributed by atoms with E-state index in [4.69, 9.17) is 28.4 Å². The van der Waals surface area contributed by atoms with Gasteiger partial charge in [-0.05, 0) is 0 Å². The van der Waals surface area contributed by atoms with Gasteiger partial charge in [0.2, 0.25) is 0 Å². The highest BCUT2D eigenvalue weighted by Crippen LogP contribution is 1.96. The van der Waals surface area contributed by atoms with Gasteiger partial charge in [-0.3, -0.25) is 9.59 Å². The zero-order valence-corrected chi connectivity index (χ0v) is 19.2. The summed E-state index contributed by atoms with van der Waals surface area (Å²) in [6.45, 7) is 1.55. The highest BCUT2D eigenvalue weighted by Gasteiger charge is 2.16. The molecule has 0 spiro atoms. The van der Waals surface area contributed by atoms with E-state index in [1.807, 2.05) is 0 Å². The average Bonchev–Trinajstić information content (AvgIpc) is 2.79. The lowest BCUT2D eigenvalue weighted by atomic mass is 10.4. The first-order valence-electron chi connectivity index (χ1n) is 9.92. The van der Waals surface area contributed by atoms with E-state index in [0.29, 0.717) is 52.6 Å². The number of hydrogen-bond donors (Lipinski definition) is 0. The Labute approximate surface area is 188 Å². The molecule has 0 saturated heterocycles. The molecule has 0 aromatic rings. The van der Waals surface area contributed by atoms with Crippen molar-refractivity contribution in [3.8, 4) is 0 Å². The van der Waals surface area contributed by atoms with E-state index in [1.54, 1.807) is 0 Å². The molecule has 0 unspecified atom stereocenters. The molecule has 2 amide bonds. The third kappa shape index (κ3) is 14.5. The molecule has 0 aliphatic carbocycles. The molecular formula is C20H34N2O10. The van der Waals surface area contributed by atoms with Gasteiger partial charge in [-0.15, -0.1) is 0 Å². The summed E-state index contributed by atoms with van der Waals surface area (Å²) < 4.78 is 29.4. The number of nitrogens with zero attached hydrogens (tertiary/aromatic N) is 2. The van der Waals surface area contributed by atoms with Crippen molar-refractivity contribution in [1.29, 1.82) is 0 Å². The molecule has 32 heavy (non-hydrogen) atoms. The van der Waals surface area contributed by atoms with Crippen molar-refractivity contribution >= 4 is 23.8 Å². The topological polar surface area (TPSA) is 130 Å². The van der Waals surface area contributed by atoms with Crippen LogP contribution in [0.2, 0.25) is 0 Å². The van der Waals surface area contributed by atoms with Gasteiger partial charge < -0.3 is 38.2 Å². The minimum Gasteiger partial charge on any atom is -0.452 e. The van der Waals surface area contributed by atoms with Crippen molar-refractivity contribution < 1.29 is 47.6 Å². The Morgan fingerprint density at radius 1 is 0.562 bits per heavy atom. The summed E-state index contributed by atoms with van der Waals surface area (Å²) in [5.41, 5.74) is 0. The first-order chi connectivity index (χ1) is 15.4. The van der Waals surface area contributed by atoms with Crippen LogP contribution in [0.4, 0.5) is 0 Å². The Hall–Kier alpha value is -2.54. The molecule has 0 aromatic heterocycles. The molecule has 0 fully saturated rings. The first-order valence-corrected chi connectivity index (χ1v) is 9.92. The Morgan fingerprint density at radius 3 is 1.09 bits per heavy atom. The maximum absolute atomic E-state index is 12.2. The fourth-order valence-electron chi connectivity index (χ4n) is 2.21. The number of methoxy groups -OCH3 is 4. The zero-order chi connectivity index (χ0) is 24.2. The summed E-state index contributed by atoms with van der Waals surface area (Å²) in [7, 11) is 6.03. The molecule has 184 valence electrons. The second-order valence-electron chi connectivity index (χ2n) is 6.28. The Morgan fingerprint density at radius 2 is 0.844 bits per heavy atom. The third-order valence-corrected chi connectivity index (χ3v) is 4.00. The van der Waals surface area contributed by atoms with Crippen LogP contribution >= 0.6 is 0 Å². The van der Waals surface area contributed by atoms with Crippen molar-refractivity contribution in [3.05, 3.63) is 12.2 Å². The van der Waals surface area contributed by atoms with Crippen molar-refractivity contribution in [3.63, 3.8) is 0 Å². The maximum Gasteiger partial charge on any atom is 0.331 e. The zero-order valence-electron chi connectivity index (χ0n) is 19.2. The van der Waals surface area contributed by atoms with Crippen LogP contribution < -0.4 is 0 Å². The minimum atomic E-state index is -0.901. The molecule has 0 N–H and O–H groups in total. The monoisotopic (exact) mass is 462 g/mol. The number of rotatable bonds is 18. The van der Waals surface area contributed by atoms with Crippen LogP contribution in [0.15, 0.2) is 12.2 Å². The largest absolute Gasteiger partial charge is 0.452 e. The van der Waals surface area contributed by atoms with Crippen LogP contribution in [-0.4, -0.2) is 128 Å². The van der Waals surface area contributed by atoms with Gasteiger partial charge >= 0.3 is 11.9 Å². The van der Waals surface area contributed by atoms with Gasteiger partial charge in [-0.2, -0.15) is 0 Å². The van der Waals surface area contributed by atoms with Crippen LogP contribution in [0.3, 0.4) is 0 Å². The summed E-state index contributed by atoms with van der Waals surface area (Å²) in [5.74, 6) is -2.66. The quantitative estimate of drug-likeness (QED) is 0.182. The molecule has 0 aliphatic heterocycles. The SMILES string of the molecule is COCCN(CCOC)C(=O)COC(=O)/C=C/C(=O)OCC(=O)N(CCOC)CCOC. The van der Waals surface area contributed by atoms with E-state index in [-0.39, 0.29) is 0 Å². The molecule has 0 aromatic carbocycles. The highest BCUT2D eigenvalue weighted by atomic mass is 16.5. The Balaban J connectivity index is 4.45. The molecule has 0 aliphatic rings. The lowest BCUT2D eigenvalue weighted by molar-refractivity contribution is -0.149. The maximum atomic E-state index is 12.2. The second-order valence-corrected chi connectivity index (χ2v) is 6.28. The number of amides is 2.